The van der Waals surface area contributed by atoms with Gasteiger partial charge >= 0.3 is 0 Å². The highest BCUT2D eigenvalue weighted by molar-refractivity contribution is 7.91. The second-order valence-electron chi connectivity index (χ2n) is 8.89. The van der Waals surface area contributed by atoms with Crippen LogP contribution in [0, 0.1) is 5.82 Å². The Morgan fingerprint density at radius 2 is 1.50 bits per heavy atom. The molecule has 0 aliphatic rings. The summed E-state index contributed by atoms with van der Waals surface area (Å²) in [6, 6.07) is 20.5. The molecule has 1 N–H and O–H groups in total. The molecule has 4 aromatic carbocycles. The number of carbonyl (C=O) groups is 1. The third kappa shape index (κ3) is 5.99. The molecular formula is C30H25FN2O7S2. The van der Waals surface area contributed by atoms with Crippen molar-refractivity contribution >= 4 is 42.4 Å². The smallest absolute Gasteiger partial charge is 0.271 e. The van der Waals surface area contributed by atoms with E-state index in [2.05, 4.69) is 10.3 Å². The summed E-state index contributed by atoms with van der Waals surface area (Å²) >= 11 is 1.23. The van der Waals surface area contributed by atoms with Gasteiger partial charge in [0.25, 0.3) is 5.91 Å². The maximum absolute atomic E-state index is 13.7. The van der Waals surface area contributed by atoms with Crippen molar-refractivity contribution < 1.29 is 36.6 Å². The monoisotopic (exact) mass is 608 g/mol. The Morgan fingerprint density at radius 1 is 0.833 bits per heavy atom. The van der Waals surface area contributed by atoms with E-state index in [1.54, 1.807) is 42.5 Å². The molecule has 0 bridgehead atoms. The van der Waals surface area contributed by atoms with Crippen LogP contribution in [-0.4, -0.2) is 40.6 Å². The summed E-state index contributed by atoms with van der Waals surface area (Å²) in [7, 11) is 0.562. The molecule has 5 rings (SSSR count). The molecule has 1 aromatic heterocycles. The van der Waals surface area contributed by atoms with Crippen molar-refractivity contribution in [3.63, 3.8) is 0 Å². The van der Waals surface area contributed by atoms with Gasteiger partial charge < -0.3 is 18.9 Å². The van der Waals surface area contributed by atoms with Crippen molar-refractivity contribution in [2.24, 2.45) is 0 Å². The van der Waals surface area contributed by atoms with E-state index in [1.165, 1.54) is 63.0 Å². The predicted octanol–water partition coefficient (Wildman–Crippen LogP) is 6.05. The Hall–Kier alpha value is -4.68. The van der Waals surface area contributed by atoms with E-state index in [0.717, 1.165) is 16.8 Å². The summed E-state index contributed by atoms with van der Waals surface area (Å²) in [6.07, 6.45) is -1.27. The molecule has 0 aliphatic heterocycles. The molecule has 216 valence electrons. The molecule has 1 atom stereocenters. The van der Waals surface area contributed by atoms with Crippen molar-refractivity contribution in [2.75, 3.05) is 26.6 Å². The van der Waals surface area contributed by atoms with Gasteiger partial charge in [0.15, 0.2) is 16.6 Å². The highest BCUT2D eigenvalue weighted by atomic mass is 32.2. The number of nitrogens with one attached hydrogen (secondary N) is 1. The van der Waals surface area contributed by atoms with Crippen LogP contribution in [0.2, 0.25) is 0 Å². The van der Waals surface area contributed by atoms with Gasteiger partial charge in [0.1, 0.15) is 17.3 Å². The second-order valence-corrected chi connectivity index (χ2v) is 11.9. The maximum Gasteiger partial charge on any atom is 0.271 e. The summed E-state index contributed by atoms with van der Waals surface area (Å²) in [5.41, 5.74) is 0.865. The highest BCUT2D eigenvalue weighted by Gasteiger charge is 2.27. The average Bonchev–Trinajstić information content (AvgIpc) is 3.40. The number of aromatic nitrogens is 1. The van der Waals surface area contributed by atoms with Crippen LogP contribution in [0.3, 0.4) is 0 Å². The largest absolute Gasteiger partial charge is 0.497 e. The van der Waals surface area contributed by atoms with Gasteiger partial charge in [-0.1, -0.05) is 23.5 Å². The van der Waals surface area contributed by atoms with Crippen LogP contribution in [0.5, 0.6) is 23.0 Å². The van der Waals surface area contributed by atoms with Gasteiger partial charge in [-0.3, -0.25) is 10.1 Å². The molecule has 42 heavy (non-hydrogen) atoms. The summed E-state index contributed by atoms with van der Waals surface area (Å²) < 4.78 is 62.8. The number of hydrogen-bond donors (Lipinski definition) is 1. The molecule has 1 heterocycles. The number of amides is 1. The lowest BCUT2D eigenvalue weighted by molar-refractivity contribution is -0.123. The Balaban J connectivity index is 1.50. The molecule has 12 heteroatoms. The van der Waals surface area contributed by atoms with E-state index in [4.69, 9.17) is 18.9 Å². The van der Waals surface area contributed by atoms with Crippen LogP contribution in [0.1, 0.15) is 11.7 Å². The summed E-state index contributed by atoms with van der Waals surface area (Å²) in [5.74, 6) is 0.816. The molecule has 5 aromatic rings. The van der Waals surface area contributed by atoms with Crippen LogP contribution in [0.25, 0.3) is 10.2 Å². The SMILES string of the molecule is COc1ccc(OC(C(=O)Nc2nc3cc(OC)c(OC)cc3s2)c2cccc(S(=O)(=O)c3ccc(F)cc3)c2)cc1. The third-order valence-electron chi connectivity index (χ3n) is 6.27. The Kier molecular flexibility index (Phi) is 8.27. The first-order valence-electron chi connectivity index (χ1n) is 12.5. The van der Waals surface area contributed by atoms with Crippen LogP contribution in [0.4, 0.5) is 9.52 Å². The zero-order valence-electron chi connectivity index (χ0n) is 22.7. The fraction of sp³-hybridized carbons (Fsp3) is 0.133. The fourth-order valence-corrected chi connectivity index (χ4v) is 6.33. The number of anilines is 1. The topological polar surface area (TPSA) is 113 Å². The Labute approximate surface area is 245 Å². The zero-order valence-corrected chi connectivity index (χ0v) is 24.3. The number of thiazole rings is 1. The van der Waals surface area contributed by atoms with E-state index in [0.29, 0.717) is 33.6 Å². The molecule has 9 nitrogen and oxygen atoms in total. The second kappa shape index (κ2) is 12.0. The van der Waals surface area contributed by atoms with Gasteiger partial charge in [-0.05, 0) is 60.7 Å². The molecule has 0 saturated heterocycles. The number of methoxy groups -OCH3 is 3. The lowest BCUT2D eigenvalue weighted by Crippen LogP contribution is -2.26. The van der Waals surface area contributed by atoms with Crippen LogP contribution >= 0.6 is 11.3 Å². The lowest BCUT2D eigenvalue weighted by Gasteiger charge is -2.19. The first-order valence-corrected chi connectivity index (χ1v) is 14.8. The van der Waals surface area contributed by atoms with Crippen LogP contribution in [0.15, 0.2) is 94.7 Å². The first-order chi connectivity index (χ1) is 20.2. The Morgan fingerprint density at radius 3 is 2.17 bits per heavy atom. The van der Waals surface area contributed by atoms with E-state index in [1.807, 2.05) is 0 Å². The normalized spacial score (nSPS) is 12.0. The number of benzene rings is 4. The van der Waals surface area contributed by atoms with Gasteiger partial charge in [0.2, 0.25) is 15.9 Å². The minimum atomic E-state index is -4.01. The molecule has 0 radical (unpaired) electrons. The minimum Gasteiger partial charge on any atom is -0.497 e. The van der Waals surface area contributed by atoms with Crippen LogP contribution in [-0.2, 0) is 14.6 Å². The Bertz CT molecular complexity index is 1800. The molecule has 0 fully saturated rings. The standard InChI is InChI=1S/C30H25FN2O7S2/c1-37-20-9-11-21(12-10-20)40-28(18-5-4-6-23(15-18)42(35,36)22-13-7-19(31)8-14-22)29(34)33-30-32-24-16-25(38-2)26(39-3)17-27(24)41-30/h4-17,28H,1-3H3,(H,32,33,34). The zero-order chi connectivity index (χ0) is 29.9. The van der Waals surface area contributed by atoms with Crippen LogP contribution < -0.4 is 24.3 Å². The van der Waals surface area contributed by atoms with Crippen molar-refractivity contribution in [1.82, 2.24) is 4.98 Å². The van der Waals surface area contributed by atoms with E-state index < -0.39 is 27.7 Å². The number of ether oxygens (including phenoxy) is 4. The molecule has 0 saturated carbocycles. The quantitative estimate of drug-likeness (QED) is 0.191. The molecule has 1 unspecified atom stereocenters. The number of halogens is 1. The lowest BCUT2D eigenvalue weighted by atomic mass is 10.1. The number of nitrogens with zero attached hydrogens (tertiary/aromatic N) is 1. The minimum absolute atomic E-state index is 0.0816. The summed E-state index contributed by atoms with van der Waals surface area (Å²) in [4.78, 5) is 18.0. The van der Waals surface area contributed by atoms with Crippen molar-refractivity contribution in [2.45, 2.75) is 15.9 Å². The molecule has 0 aliphatic carbocycles. The van der Waals surface area contributed by atoms with Crippen molar-refractivity contribution in [3.8, 4) is 23.0 Å². The number of fused-ring (bicyclic) bond motifs is 1. The van der Waals surface area contributed by atoms with Gasteiger partial charge in [0.05, 0.1) is 41.3 Å². The number of sulfone groups is 1. The molecule has 0 spiro atoms. The number of hydrogen-bond acceptors (Lipinski definition) is 9. The average molecular weight is 609 g/mol. The van der Waals surface area contributed by atoms with E-state index >= 15 is 0 Å². The van der Waals surface area contributed by atoms with E-state index in [-0.39, 0.29) is 15.4 Å². The maximum atomic E-state index is 13.7. The highest BCUT2D eigenvalue weighted by Crippen LogP contribution is 2.37. The summed E-state index contributed by atoms with van der Waals surface area (Å²) in [6.45, 7) is 0. The number of rotatable bonds is 10. The van der Waals surface area contributed by atoms with Crippen molar-refractivity contribution in [1.29, 1.82) is 0 Å². The third-order valence-corrected chi connectivity index (χ3v) is 8.97. The van der Waals surface area contributed by atoms with Gasteiger partial charge in [-0.25, -0.2) is 17.8 Å². The van der Waals surface area contributed by atoms with Gasteiger partial charge in [-0.2, -0.15) is 0 Å². The fourth-order valence-electron chi connectivity index (χ4n) is 4.14. The molecule has 1 amide bonds. The van der Waals surface area contributed by atoms with Gasteiger partial charge in [0, 0.05) is 17.7 Å². The molecular weight excluding hydrogens is 583 g/mol. The van der Waals surface area contributed by atoms with Gasteiger partial charge in [-0.15, -0.1) is 0 Å². The predicted molar refractivity (Wildman–Crippen MR) is 156 cm³/mol. The first kappa shape index (κ1) is 28.8. The van der Waals surface area contributed by atoms with Crippen molar-refractivity contribution in [3.05, 3.63) is 96.3 Å². The number of carbonyl (C=O) groups excluding carboxylic acids is 1. The van der Waals surface area contributed by atoms with E-state index in [9.17, 15) is 17.6 Å². The summed E-state index contributed by atoms with van der Waals surface area (Å²) in [5, 5.41) is 3.08.